The Morgan fingerprint density at radius 1 is 1.05 bits per heavy atom. The number of likely N-dealkylation sites (tertiary alicyclic amines) is 1. The number of imidazole rings is 1. The van der Waals surface area contributed by atoms with Crippen molar-refractivity contribution in [2.75, 3.05) is 50.5 Å². The van der Waals surface area contributed by atoms with Gasteiger partial charge in [-0.05, 0) is 54.3 Å². The van der Waals surface area contributed by atoms with Gasteiger partial charge in [-0.15, -0.1) is 0 Å². The minimum atomic E-state index is -0.265. The maximum Gasteiger partial charge on any atom is 0.139 e. The monoisotopic (exact) mass is 523 g/mol. The van der Waals surface area contributed by atoms with E-state index in [0.717, 1.165) is 89.8 Å². The standard InChI is InChI=1S/C32H34FN5O/c1-39-17-16-38-14-12-25(13-15-38)36-26-10-11-29-27(19-26)28(20-34-29)31(23-8-5-9-24(33)18-23)32-35-21-30(37-32)22-6-3-2-4-7-22/h2-11,18-19,21,25,34,36H,12-17,20H2,1H3,(H,35,37). The van der Waals surface area contributed by atoms with Crippen LogP contribution in [-0.4, -0.2) is 60.8 Å². The summed E-state index contributed by atoms with van der Waals surface area (Å²) in [6, 6.07) is 23.8. The molecule has 3 heterocycles. The maximum absolute atomic E-state index is 14.4. The van der Waals surface area contributed by atoms with Crippen LogP contribution in [0.4, 0.5) is 15.8 Å². The molecule has 1 saturated heterocycles. The highest BCUT2D eigenvalue weighted by molar-refractivity contribution is 6.03. The van der Waals surface area contributed by atoms with Gasteiger partial charge in [0.1, 0.15) is 11.6 Å². The lowest BCUT2D eigenvalue weighted by Crippen LogP contribution is -2.40. The quantitative estimate of drug-likeness (QED) is 0.260. The fourth-order valence-corrected chi connectivity index (χ4v) is 5.60. The molecule has 0 atom stereocenters. The summed E-state index contributed by atoms with van der Waals surface area (Å²) in [7, 11) is 1.76. The summed E-state index contributed by atoms with van der Waals surface area (Å²) in [5, 5.41) is 7.31. The molecular formula is C32H34FN5O. The number of ether oxygens (including phenoxy) is 1. The molecule has 6 nitrogen and oxygen atoms in total. The smallest absolute Gasteiger partial charge is 0.139 e. The molecule has 3 N–H and O–H groups in total. The van der Waals surface area contributed by atoms with E-state index in [2.05, 4.69) is 38.7 Å². The lowest BCUT2D eigenvalue weighted by atomic mass is 9.94. The highest BCUT2D eigenvalue weighted by atomic mass is 19.1. The second-order valence-electron chi connectivity index (χ2n) is 10.2. The third-order valence-electron chi connectivity index (χ3n) is 7.67. The molecule has 0 spiro atoms. The van der Waals surface area contributed by atoms with Crippen LogP contribution in [0, 0.1) is 5.82 Å². The van der Waals surface area contributed by atoms with Crippen molar-refractivity contribution in [3.05, 3.63) is 102 Å². The largest absolute Gasteiger partial charge is 0.383 e. The van der Waals surface area contributed by atoms with Crippen LogP contribution in [0.25, 0.3) is 22.4 Å². The number of halogens is 1. The van der Waals surface area contributed by atoms with Crippen molar-refractivity contribution in [3.63, 3.8) is 0 Å². The summed E-state index contributed by atoms with van der Waals surface area (Å²) in [6.07, 6.45) is 4.13. The van der Waals surface area contributed by atoms with E-state index in [-0.39, 0.29) is 5.82 Å². The number of nitrogens with zero attached hydrogens (tertiary/aromatic N) is 2. The molecule has 7 heteroatoms. The van der Waals surface area contributed by atoms with Crippen LogP contribution in [-0.2, 0) is 4.74 Å². The molecule has 39 heavy (non-hydrogen) atoms. The number of methoxy groups -OCH3 is 1. The molecule has 0 aliphatic carbocycles. The predicted molar refractivity (Wildman–Crippen MR) is 156 cm³/mol. The molecule has 0 bridgehead atoms. The molecule has 1 aromatic heterocycles. The first kappa shape index (κ1) is 25.3. The number of hydrogen-bond acceptors (Lipinski definition) is 5. The van der Waals surface area contributed by atoms with Gasteiger partial charge in [-0.25, -0.2) is 9.37 Å². The second-order valence-corrected chi connectivity index (χ2v) is 10.2. The van der Waals surface area contributed by atoms with E-state index in [1.807, 2.05) is 42.6 Å². The Bertz CT molecular complexity index is 1460. The van der Waals surface area contributed by atoms with E-state index in [1.54, 1.807) is 19.2 Å². The van der Waals surface area contributed by atoms with Crippen molar-refractivity contribution in [2.45, 2.75) is 18.9 Å². The number of rotatable bonds is 8. The third kappa shape index (κ3) is 5.60. The summed E-state index contributed by atoms with van der Waals surface area (Å²) in [6.45, 7) is 4.56. The zero-order valence-electron chi connectivity index (χ0n) is 22.2. The van der Waals surface area contributed by atoms with Crippen molar-refractivity contribution >= 4 is 22.5 Å². The Kier molecular flexibility index (Phi) is 7.43. The van der Waals surface area contributed by atoms with Crippen LogP contribution in [0.3, 0.4) is 0 Å². The first-order valence-corrected chi connectivity index (χ1v) is 13.6. The Labute approximate surface area is 228 Å². The average Bonchev–Trinajstić information content (AvgIpc) is 3.62. The fourth-order valence-electron chi connectivity index (χ4n) is 5.60. The van der Waals surface area contributed by atoms with E-state index >= 15 is 0 Å². The first-order chi connectivity index (χ1) is 19.2. The summed E-state index contributed by atoms with van der Waals surface area (Å²) < 4.78 is 19.7. The molecule has 2 aliphatic heterocycles. The molecule has 0 saturated carbocycles. The normalized spacial score (nSPS) is 17.1. The number of benzene rings is 3. The second kappa shape index (κ2) is 11.4. The van der Waals surface area contributed by atoms with E-state index in [9.17, 15) is 4.39 Å². The van der Waals surface area contributed by atoms with Gasteiger partial charge in [0.25, 0.3) is 0 Å². The van der Waals surface area contributed by atoms with Gasteiger partial charge in [-0.1, -0.05) is 42.5 Å². The minimum Gasteiger partial charge on any atom is -0.383 e. The third-order valence-corrected chi connectivity index (χ3v) is 7.67. The molecule has 4 aromatic rings. The molecule has 200 valence electrons. The average molecular weight is 524 g/mol. The Morgan fingerprint density at radius 3 is 2.69 bits per heavy atom. The van der Waals surface area contributed by atoms with Crippen LogP contribution in [0.15, 0.2) is 79.0 Å². The molecule has 6 rings (SSSR count). The van der Waals surface area contributed by atoms with E-state index < -0.39 is 0 Å². The molecule has 0 unspecified atom stereocenters. The summed E-state index contributed by atoms with van der Waals surface area (Å²) >= 11 is 0. The van der Waals surface area contributed by atoms with Crippen molar-refractivity contribution < 1.29 is 9.13 Å². The van der Waals surface area contributed by atoms with Gasteiger partial charge in [0.15, 0.2) is 0 Å². The number of hydrogen-bond donors (Lipinski definition) is 3. The number of aromatic nitrogens is 2. The summed E-state index contributed by atoms with van der Waals surface area (Å²) in [5.41, 5.74) is 8.01. The van der Waals surface area contributed by atoms with Crippen LogP contribution < -0.4 is 10.6 Å². The topological polar surface area (TPSA) is 65.2 Å². The number of piperidine rings is 1. The predicted octanol–water partition coefficient (Wildman–Crippen LogP) is 6.12. The van der Waals surface area contributed by atoms with Gasteiger partial charge in [-0.3, -0.25) is 0 Å². The van der Waals surface area contributed by atoms with Gasteiger partial charge in [0, 0.05) is 73.6 Å². The Hall–Kier alpha value is -3.94. The molecule has 1 fully saturated rings. The van der Waals surface area contributed by atoms with Crippen LogP contribution in [0.2, 0.25) is 0 Å². The number of anilines is 2. The van der Waals surface area contributed by atoms with Crippen molar-refractivity contribution in [2.24, 2.45) is 0 Å². The van der Waals surface area contributed by atoms with Gasteiger partial charge in [-0.2, -0.15) is 0 Å². The minimum absolute atomic E-state index is 0.265. The van der Waals surface area contributed by atoms with Crippen LogP contribution in [0.5, 0.6) is 0 Å². The van der Waals surface area contributed by atoms with Gasteiger partial charge in [0.2, 0.25) is 0 Å². The Balaban J connectivity index is 1.33. The number of nitrogens with one attached hydrogen (secondary N) is 3. The highest BCUT2D eigenvalue weighted by Gasteiger charge is 2.25. The van der Waals surface area contributed by atoms with Gasteiger partial charge < -0.3 is 25.3 Å². The first-order valence-electron chi connectivity index (χ1n) is 13.6. The molecular weight excluding hydrogens is 489 g/mol. The van der Waals surface area contributed by atoms with E-state index in [4.69, 9.17) is 9.72 Å². The van der Waals surface area contributed by atoms with Crippen molar-refractivity contribution in [1.82, 2.24) is 14.9 Å². The zero-order chi connectivity index (χ0) is 26.6. The molecule has 3 aromatic carbocycles. The lowest BCUT2D eigenvalue weighted by molar-refractivity contribution is 0.132. The summed E-state index contributed by atoms with van der Waals surface area (Å²) in [4.78, 5) is 10.8. The zero-order valence-corrected chi connectivity index (χ0v) is 22.2. The molecule has 0 radical (unpaired) electrons. The van der Waals surface area contributed by atoms with Crippen LogP contribution in [0.1, 0.15) is 29.8 Å². The number of fused-ring (bicyclic) bond motifs is 1. The molecule has 2 aliphatic rings. The SMILES string of the molecule is COCCN1CCC(Nc2ccc3c(c2)C(=C(c2cccc(F)c2)c2nc(-c4ccccc4)c[nH]2)CN3)CC1. The van der Waals surface area contributed by atoms with E-state index in [1.165, 1.54) is 6.07 Å². The summed E-state index contributed by atoms with van der Waals surface area (Å²) in [5.74, 6) is 0.463. The lowest BCUT2D eigenvalue weighted by Gasteiger charge is -2.32. The molecule has 0 amide bonds. The van der Waals surface area contributed by atoms with Crippen LogP contribution >= 0.6 is 0 Å². The van der Waals surface area contributed by atoms with Gasteiger partial charge in [0.05, 0.1) is 12.3 Å². The number of aromatic amines is 1. The van der Waals surface area contributed by atoms with Gasteiger partial charge >= 0.3 is 0 Å². The highest BCUT2D eigenvalue weighted by Crippen LogP contribution is 2.40. The fraction of sp³-hybridized carbons (Fsp3) is 0.281. The number of H-pyrrole nitrogens is 1. The van der Waals surface area contributed by atoms with Crippen molar-refractivity contribution in [3.8, 4) is 11.3 Å². The maximum atomic E-state index is 14.4. The Morgan fingerprint density at radius 2 is 1.90 bits per heavy atom. The van der Waals surface area contributed by atoms with E-state index in [0.29, 0.717) is 12.6 Å². The van der Waals surface area contributed by atoms with Crippen molar-refractivity contribution in [1.29, 1.82) is 0 Å².